The molecule has 0 radical (unpaired) electrons. The molecule has 0 aromatic heterocycles. The Morgan fingerprint density at radius 2 is 2.18 bits per heavy atom. The molecule has 0 aliphatic rings. The van der Waals surface area contributed by atoms with E-state index >= 15 is 0 Å². The number of hydrogen-bond donors (Lipinski definition) is 1. The number of Topliss-reactive ketones (excluding diaryl/α,β-unsaturated/α-hetero) is 1. The highest BCUT2D eigenvalue weighted by molar-refractivity contribution is 6.31. The van der Waals surface area contributed by atoms with E-state index in [2.05, 4.69) is 0 Å². The van der Waals surface area contributed by atoms with Crippen LogP contribution in [0.25, 0.3) is 0 Å². The maximum atomic E-state index is 11.3. The molecule has 0 saturated carbocycles. The number of carboxylic acid groups (broad SMARTS) is 1. The number of nitriles is 1. The van der Waals surface area contributed by atoms with Crippen LogP contribution in [0, 0.1) is 11.3 Å². The highest BCUT2D eigenvalue weighted by atomic mass is 35.5. The van der Waals surface area contributed by atoms with Gasteiger partial charge in [0.1, 0.15) is 5.38 Å². The first kappa shape index (κ1) is 13.2. The van der Waals surface area contributed by atoms with Gasteiger partial charge >= 0.3 is 5.97 Å². The fourth-order valence-electron chi connectivity index (χ4n) is 1.53. The SMILES string of the molecule is CC(=O)C(Cl)c1c(C#N)cccc1CC(=O)O. The predicted octanol–water partition coefficient (Wildman–Crippen LogP) is 2.05. The number of carboxylic acids is 1. The van der Waals surface area contributed by atoms with Gasteiger partial charge in [0.2, 0.25) is 0 Å². The zero-order valence-electron chi connectivity index (χ0n) is 9.11. The summed E-state index contributed by atoms with van der Waals surface area (Å²) in [6.45, 7) is 1.30. The Kier molecular flexibility index (Phi) is 4.24. The second kappa shape index (κ2) is 5.46. The van der Waals surface area contributed by atoms with Gasteiger partial charge in [-0.1, -0.05) is 12.1 Å². The van der Waals surface area contributed by atoms with Crippen molar-refractivity contribution in [3.63, 3.8) is 0 Å². The maximum Gasteiger partial charge on any atom is 0.307 e. The summed E-state index contributed by atoms with van der Waals surface area (Å²) >= 11 is 5.92. The van der Waals surface area contributed by atoms with E-state index in [4.69, 9.17) is 22.0 Å². The Hall–Kier alpha value is -1.86. The second-order valence-corrected chi connectivity index (χ2v) is 3.97. The third kappa shape index (κ3) is 3.05. The Labute approximate surface area is 103 Å². The summed E-state index contributed by atoms with van der Waals surface area (Å²) in [5.41, 5.74) is 0.928. The fourth-order valence-corrected chi connectivity index (χ4v) is 1.79. The van der Waals surface area contributed by atoms with Gasteiger partial charge in [0.15, 0.2) is 5.78 Å². The lowest BCUT2D eigenvalue weighted by atomic mass is 9.95. The van der Waals surface area contributed by atoms with E-state index in [-0.39, 0.29) is 17.8 Å². The molecule has 1 aromatic carbocycles. The van der Waals surface area contributed by atoms with Crippen LogP contribution in [0.15, 0.2) is 18.2 Å². The van der Waals surface area contributed by atoms with Gasteiger partial charge in [0.05, 0.1) is 18.1 Å². The largest absolute Gasteiger partial charge is 0.481 e. The van der Waals surface area contributed by atoms with Crippen LogP contribution in [0.3, 0.4) is 0 Å². The van der Waals surface area contributed by atoms with E-state index in [1.165, 1.54) is 13.0 Å². The lowest BCUT2D eigenvalue weighted by Gasteiger charge is -2.13. The van der Waals surface area contributed by atoms with Gasteiger partial charge in [-0.2, -0.15) is 5.26 Å². The van der Waals surface area contributed by atoms with Crippen LogP contribution in [0.4, 0.5) is 0 Å². The molecular weight excluding hydrogens is 242 g/mol. The fraction of sp³-hybridized carbons (Fsp3) is 0.250. The standard InChI is InChI=1S/C12H10ClNO3/c1-7(15)12(13)11-8(5-10(16)17)3-2-4-9(11)6-14/h2-4,12H,5H2,1H3,(H,16,17). The summed E-state index contributed by atoms with van der Waals surface area (Å²) in [6.07, 6.45) is -0.263. The monoisotopic (exact) mass is 251 g/mol. The normalized spacial score (nSPS) is 11.6. The minimum Gasteiger partial charge on any atom is -0.481 e. The van der Waals surface area contributed by atoms with E-state index in [0.717, 1.165) is 0 Å². The molecule has 0 heterocycles. The van der Waals surface area contributed by atoms with Crippen molar-refractivity contribution in [2.45, 2.75) is 18.7 Å². The first-order valence-electron chi connectivity index (χ1n) is 4.85. The molecule has 0 bridgehead atoms. The average molecular weight is 252 g/mol. The third-order valence-corrected chi connectivity index (χ3v) is 2.79. The average Bonchev–Trinajstić information content (AvgIpc) is 2.26. The van der Waals surface area contributed by atoms with Gasteiger partial charge in [-0.25, -0.2) is 0 Å². The number of carbonyl (C=O) groups excluding carboxylic acids is 1. The second-order valence-electron chi connectivity index (χ2n) is 3.53. The van der Waals surface area contributed by atoms with Crippen molar-refractivity contribution < 1.29 is 14.7 Å². The number of halogens is 1. The third-order valence-electron chi connectivity index (χ3n) is 2.27. The molecule has 1 rings (SSSR count). The first-order chi connectivity index (χ1) is 7.97. The van der Waals surface area contributed by atoms with Gasteiger partial charge in [-0.3, -0.25) is 9.59 Å². The van der Waals surface area contributed by atoms with Crippen LogP contribution in [-0.2, 0) is 16.0 Å². The summed E-state index contributed by atoms with van der Waals surface area (Å²) < 4.78 is 0. The van der Waals surface area contributed by atoms with E-state index < -0.39 is 11.3 Å². The minimum atomic E-state index is -1.03. The Bertz CT molecular complexity index is 505. The molecule has 0 amide bonds. The number of benzene rings is 1. The molecule has 5 heteroatoms. The molecule has 1 N–H and O–H groups in total. The quantitative estimate of drug-likeness (QED) is 0.831. The zero-order valence-corrected chi connectivity index (χ0v) is 9.86. The van der Waals surface area contributed by atoms with Gasteiger partial charge < -0.3 is 5.11 Å². The van der Waals surface area contributed by atoms with E-state index in [9.17, 15) is 9.59 Å². The minimum absolute atomic E-state index is 0.235. The lowest BCUT2D eigenvalue weighted by molar-refractivity contribution is -0.136. The van der Waals surface area contributed by atoms with Crippen LogP contribution < -0.4 is 0 Å². The number of rotatable bonds is 4. The van der Waals surface area contributed by atoms with Crippen molar-refractivity contribution in [2.75, 3.05) is 0 Å². The van der Waals surface area contributed by atoms with Gasteiger partial charge in [-0.05, 0) is 24.1 Å². The molecule has 0 spiro atoms. The van der Waals surface area contributed by atoms with E-state index in [1.54, 1.807) is 12.1 Å². The van der Waals surface area contributed by atoms with Gasteiger partial charge in [0, 0.05) is 0 Å². The van der Waals surface area contributed by atoms with Crippen molar-refractivity contribution in [2.24, 2.45) is 0 Å². The summed E-state index contributed by atoms with van der Waals surface area (Å²) in [7, 11) is 0. The van der Waals surface area contributed by atoms with Gasteiger partial charge in [0.25, 0.3) is 0 Å². The van der Waals surface area contributed by atoms with Gasteiger partial charge in [-0.15, -0.1) is 11.6 Å². The van der Waals surface area contributed by atoms with Crippen molar-refractivity contribution in [3.8, 4) is 6.07 Å². The molecule has 0 fully saturated rings. The van der Waals surface area contributed by atoms with Crippen molar-refractivity contribution in [1.29, 1.82) is 5.26 Å². The number of carbonyl (C=O) groups is 2. The molecule has 1 aromatic rings. The smallest absolute Gasteiger partial charge is 0.307 e. The highest BCUT2D eigenvalue weighted by Gasteiger charge is 2.21. The molecule has 0 aliphatic heterocycles. The summed E-state index contributed by atoms with van der Waals surface area (Å²) in [5, 5.41) is 16.7. The topological polar surface area (TPSA) is 78.2 Å². The van der Waals surface area contributed by atoms with Crippen LogP contribution >= 0.6 is 11.6 Å². The number of hydrogen-bond acceptors (Lipinski definition) is 3. The van der Waals surface area contributed by atoms with E-state index in [0.29, 0.717) is 11.1 Å². The highest BCUT2D eigenvalue weighted by Crippen LogP contribution is 2.28. The summed E-state index contributed by atoms with van der Waals surface area (Å²) in [6, 6.07) is 6.56. The van der Waals surface area contributed by atoms with Crippen molar-refractivity contribution in [1.82, 2.24) is 0 Å². The van der Waals surface area contributed by atoms with Crippen LogP contribution in [-0.4, -0.2) is 16.9 Å². The number of nitrogens with zero attached hydrogens (tertiary/aromatic N) is 1. The summed E-state index contributed by atoms with van der Waals surface area (Å²) in [4.78, 5) is 22.0. The van der Waals surface area contributed by atoms with E-state index in [1.807, 2.05) is 6.07 Å². The van der Waals surface area contributed by atoms with Crippen molar-refractivity contribution in [3.05, 3.63) is 34.9 Å². The predicted molar refractivity (Wildman–Crippen MR) is 61.8 cm³/mol. The summed E-state index contributed by atoms with van der Waals surface area (Å²) in [5.74, 6) is -1.35. The molecule has 1 unspecified atom stereocenters. The Morgan fingerprint density at radius 3 is 2.65 bits per heavy atom. The van der Waals surface area contributed by atoms with Crippen LogP contribution in [0.2, 0.25) is 0 Å². The molecular formula is C12H10ClNO3. The molecule has 0 aliphatic carbocycles. The van der Waals surface area contributed by atoms with Crippen LogP contribution in [0.1, 0.15) is 29.0 Å². The maximum absolute atomic E-state index is 11.3. The molecule has 17 heavy (non-hydrogen) atoms. The number of alkyl halides is 1. The van der Waals surface area contributed by atoms with Crippen molar-refractivity contribution >= 4 is 23.4 Å². The first-order valence-corrected chi connectivity index (χ1v) is 5.29. The molecule has 4 nitrogen and oxygen atoms in total. The zero-order chi connectivity index (χ0) is 13.0. The number of aliphatic carboxylic acids is 1. The lowest BCUT2D eigenvalue weighted by Crippen LogP contribution is -2.11. The molecule has 0 saturated heterocycles. The Morgan fingerprint density at radius 1 is 1.53 bits per heavy atom. The number of ketones is 1. The molecule has 88 valence electrons. The Balaban J connectivity index is 3.35. The molecule has 1 atom stereocenters. The van der Waals surface area contributed by atoms with Crippen LogP contribution in [0.5, 0.6) is 0 Å².